The minimum atomic E-state index is -0.336. The smallest absolute Gasteiger partial charge is 0.234 e. The number of carbonyl (C=O) groups excluding carboxylic acids is 1. The lowest BCUT2D eigenvalue weighted by Gasteiger charge is -2.37. The minimum Gasteiger partial charge on any atom is -0.325 e. The highest BCUT2D eigenvalue weighted by Crippen LogP contribution is 2.65. The Labute approximate surface area is 134 Å². The van der Waals surface area contributed by atoms with E-state index < -0.39 is 0 Å². The number of rotatable bonds is 2. The van der Waals surface area contributed by atoms with Gasteiger partial charge in [-0.15, -0.1) is 0 Å². The third kappa shape index (κ3) is 1.93. The fraction of sp³-hybridized carbons (Fsp3) is 0.471. The third-order valence-corrected chi connectivity index (χ3v) is 6.15. The summed E-state index contributed by atoms with van der Waals surface area (Å²) in [5.74, 6) is 0.745. The molecule has 0 unspecified atom stereocenters. The molecule has 1 aromatic carbocycles. The number of benzene rings is 1. The predicted octanol–water partition coefficient (Wildman–Crippen LogP) is 4.61. The molecule has 2 nitrogen and oxygen atoms in total. The molecule has 2 saturated carbocycles. The normalized spacial score (nSPS) is 30.6. The van der Waals surface area contributed by atoms with Crippen molar-refractivity contribution >= 4 is 34.2 Å². The molecule has 1 amide bonds. The number of amides is 1. The number of hydrogen-bond acceptors (Lipinski definition) is 1. The minimum absolute atomic E-state index is 0.0989. The van der Waals surface area contributed by atoms with Gasteiger partial charge in [0.2, 0.25) is 5.91 Å². The van der Waals surface area contributed by atoms with Gasteiger partial charge in [0.25, 0.3) is 0 Å². The SMILES string of the molecule is C=C1C(C)(C)[C@H]2CC[C@]1(C(=O)Nc1ccc(I)cc1)C2. The molecule has 0 radical (unpaired) electrons. The lowest BCUT2D eigenvalue weighted by Crippen LogP contribution is -2.37. The molecule has 2 atom stereocenters. The molecule has 0 aromatic heterocycles. The van der Waals surface area contributed by atoms with Gasteiger partial charge < -0.3 is 5.32 Å². The van der Waals surface area contributed by atoms with Crippen molar-refractivity contribution in [1.82, 2.24) is 0 Å². The maximum atomic E-state index is 12.8. The van der Waals surface area contributed by atoms with Gasteiger partial charge in [-0.3, -0.25) is 4.79 Å². The Kier molecular flexibility index (Phi) is 3.23. The second kappa shape index (κ2) is 4.58. The molecular weight excluding hydrogens is 361 g/mol. The van der Waals surface area contributed by atoms with Crippen LogP contribution in [0.3, 0.4) is 0 Å². The average Bonchev–Trinajstić information content (AvgIpc) is 2.93. The first kappa shape index (κ1) is 14.1. The molecule has 0 heterocycles. The van der Waals surface area contributed by atoms with Gasteiger partial charge in [0.15, 0.2) is 0 Å². The lowest BCUT2D eigenvalue weighted by molar-refractivity contribution is -0.123. The Morgan fingerprint density at radius 3 is 2.55 bits per heavy atom. The van der Waals surface area contributed by atoms with Crippen molar-refractivity contribution in [3.05, 3.63) is 40.0 Å². The largest absolute Gasteiger partial charge is 0.325 e. The van der Waals surface area contributed by atoms with Crippen molar-refractivity contribution in [3.63, 3.8) is 0 Å². The molecule has 2 aliphatic rings. The monoisotopic (exact) mass is 381 g/mol. The fourth-order valence-electron chi connectivity index (χ4n) is 3.93. The number of nitrogens with one attached hydrogen (secondary N) is 1. The van der Waals surface area contributed by atoms with Gasteiger partial charge in [-0.1, -0.05) is 26.0 Å². The van der Waals surface area contributed by atoms with E-state index in [0.29, 0.717) is 5.92 Å². The van der Waals surface area contributed by atoms with E-state index in [4.69, 9.17) is 0 Å². The fourth-order valence-corrected chi connectivity index (χ4v) is 4.29. The van der Waals surface area contributed by atoms with Crippen LogP contribution in [0.1, 0.15) is 33.1 Å². The summed E-state index contributed by atoms with van der Waals surface area (Å²) in [6, 6.07) is 7.95. The van der Waals surface area contributed by atoms with Crippen molar-refractivity contribution in [2.45, 2.75) is 33.1 Å². The first-order valence-corrected chi connectivity index (χ1v) is 8.21. The van der Waals surface area contributed by atoms with Crippen molar-refractivity contribution in [3.8, 4) is 0 Å². The van der Waals surface area contributed by atoms with E-state index in [-0.39, 0.29) is 16.7 Å². The molecule has 1 N–H and O–H groups in total. The lowest BCUT2D eigenvalue weighted by atomic mass is 9.68. The highest BCUT2D eigenvalue weighted by Gasteiger charge is 2.60. The highest BCUT2D eigenvalue weighted by atomic mass is 127. The topological polar surface area (TPSA) is 29.1 Å². The first-order chi connectivity index (χ1) is 9.36. The zero-order valence-electron chi connectivity index (χ0n) is 12.0. The van der Waals surface area contributed by atoms with Gasteiger partial charge in [0.1, 0.15) is 0 Å². The second-order valence-corrected chi connectivity index (χ2v) is 7.93. The van der Waals surface area contributed by atoms with Crippen molar-refractivity contribution in [2.75, 3.05) is 5.32 Å². The summed E-state index contributed by atoms with van der Waals surface area (Å²) in [5.41, 5.74) is 1.77. The maximum absolute atomic E-state index is 12.8. The molecule has 0 spiro atoms. The Morgan fingerprint density at radius 2 is 2.00 bits per heavy atom. The van der Waals surface area contributed by atoms with Crippen molar-refractivity contribution in [2.24, 2.45) is 16.7 Å². The van der Waals surface area contributed by atoms with Gasteiger partial charge >= 0.3 is 0 Å². The van der Waals surface area contributed by atoms with E-state index in [1.165, 1.54) is 3.57 Å². The van der Waals surface area contributed by atoms with Crippen LogP contribution in [0.25, 0.3) is 0 Å². The Hall–Kier alpha value is -0.840. The Bertz CT molecular complexity index is 575. The van der Waals surface area contributed by atoms with Crippen LogP contribution in [0.5, 0.6) is 0 Å². The second-order valence-electron chi connectivity index (χ2n) is 6.68. The summed E-state index contributed by atoms with van der Waals surface area (Å²) in [7, 11) is 0. The Morgan fingerprint density at radius 1 is 1.35 bits per heavy atom. The van der Waals surface area contributed by atoms with Crippen LogP contribution in [0, 0.1) is 20.3 Å². The van der Waals surface area contributed by atoms with Crippen LogP contribution in [-0.4, -0.2) is 5.91 Å². The van der Waals surface area contributed by atoms with Crippen LogP contribution in [-0.2, 0) is 4.79 Å². The van der Waals surface area contributed by atoms with Crippen molar-refractivity contribution < 1.29 is 4.79 Å². The van der Waals surface area contributed by atoms with Gasteiger partial charge in [-0.05, 0) is 77.5 Å². The molecule has 2 aliphatic carbocycles. The van der Waals surface area contributed by atoms with Gasteiger partial charge in [-0.2, -0.15) is 0 Å². The van der Waals surface area contributed by atoms with E-state index in [2.05, 4.69) is 48.3 Å². The first-order valence-electron chi connectivity index (χ1n) is 7.13. The summed E-state index contributed by atoms with van der Waals surface area (Å²) in [5, 5.41) is 3.09. The van der Waals surface area contributed by atoms with Gasteiger partial charge in [-0.25, -0.2) is 0 Å². The summed E-state index contributed by atoms with van der Waals surface area (Å²) >= 11 is 2.27. The van der Waals surface area contributed by atoms with Crippen LogP contribution in [0.15, 0.2) is 36.4 Å². The molecule has 0 aliphatic heterocycles. The summed E-state index contributed by atoms with van der Waals surface area (Å²) in [6.45, 7) is 8.75. The predicted molar refractivity (Wildman–Crippen MR) is 90.5 cm³/mol. The molecule has 2 fully saturated rings. The number of anilines is 1. The molecule has 0 saturated heterocycles. The van der Waals surface area contributed by atoms with Gasteiger partial charge in [0.05, 0.1) is 5.41 Å². The zero-order valence-corrected chi connectivity index (χ0v) is 14.2. The van der Waals surface area contributed by atoms with E-state index in [1.807, 2.05) is 24.3 Å². The zero-order chi connectivity index (χ0) is 14.5. The third-order valence-electron chi connectivity index (χ3n) is 5.43. The summed E-state index contributed by atoms with van der Waals surface area (Å²) < 4.78 is 1.17. The summed E-state index contributed by atoms with van der Waals surface area (Å²) in [6.07, 6.45) is 3.07. The molecule has 1 aromatic rings. The van der Waals surface area contributed by atoms with Crippen LogP contribution in [0.2, 0.25) is 0 Å². The summed E-state index contributed by atoms with van der Waals surface area (Å²) in [4.78, 5) is 12.8. The standard InChI is InChI=1S/C17H20INO/c1-11-16(2,3)12-8-9-17(11,10-12)15(20)19-14-6-4-13(18)5-7-14/h4-7,12H,1,8-10H2,2-3H3,(H,19,20)/t12-,17-/m0/s1. The number of fused-ring (bicyclic) bond motifs is 2. The number of carbonyl (C=O) groups is 1. The van der Waals surface area contributed by atoms with Crippen LogP contribution in [0.4, 0.5) is 5.69 Å². The molecule has 2 bridgehead atoms. The van der Waals surface area contributed by atoms with E-state index in [9.17, 15) is 4.79 Å². The molecule has 3 heteroatoms. The Balaban J connectivity index is 1.84. The number of hydrogen-bond donors (Lipinski definition) is 1. The van der Waals surface area contributed by atoms with E-state index in [0.717, 1.165) is 30.5 Å². The van der Waals surface area contributed by atoms with Crippen LogP contribution < -0.4 is 5.32 Å². The van der Waals surface area contributed by atoms with E-state index in [1.54, 1.807) is 0 Å². The van der Waals surface area contributed by atoms with Gasteiger partial charge in [0, 0.05) is 9.26 Å². The maximum Gasteiger partial charge on any atom is 0.234 e. The van der Waals surface area contributed by atoms with Crippen LogP contribution >= 0.6 is 22.6 Å². The highest BCUT2D eigenvalue weighted by molar-refractivity contribution is 14.1. The molecule has 20 heavy (non-hydrogen) atoms. The quantitative estimate of drug-likeness (QED) is 0.588. The molecule has 106 valence electrons. The molecule has 3 rings (SSSR count). The van der Waals surface area contributed by atoms with Crippen molar-refractivity contribution in [1.29, 1.82) is 0 Å². The van der Waals surface area contributed by atoms with E-state index >= 15 is 0 Å². The number of halogens is 1. The average molecular weight is 381 g/mol. The molecular formula is C17H20INO.